The first-order valence-corrected chi connectivity index (χ1v) is 10.9. The van der Waals surface area contributed by atoms with Crippen LogP contribution in [0, 0.1) is 0 Å². The van der Waals surface area contributed by atoms with E-state index in [0.717, 1.165) is 32.3 Å². The Morgan fingerprint density at radius 3 is 2.79 bits per heavy atom. The number of aromatic nitrogens is 8. The van der Waals surface area contributed by atoms with Crippen LogP contribution in [0.4, 0.5) is 0 Å². The summed E-state index contributed by atoms with van der Waals surface area (Å²) in [5.41, 5.74) is 2.01. The molecule has 5 heterocycles. The van der Waals surface area contributed by atoms with Crippen molar-refractivity contribution < 1.29 is 0 Å². The Morgan fingerprint density at radius 1 is 0.964 bits per heavy atom. The second kappa shape index (κ2) is 6.33. The van der Waals surface area contributed by atoms with Crippen molar-refractivity contribution in [3.63, 3.8) is 0 Å². The molecular formula is C17H10N8S3. The summed E-state index contributed by atoms with van der Waals surface area (Å²) in [4.78, 5) is 6.19. The van der Waals surface area contributed by atoms with E-state index in [-0.39, 0.29) is 0 Å². The minimum atomic E-state index is 0.658. The third-order valence-electron chi connectivity index (χ3n) is 4.23. The van der Waals surface area contributed by atoms with Gasteiger partial charge < -0.3 is 0 Å². The van der Waals surface area contributed by atoms with Gasteiger partial charge in [-0.05, 0) is 28.8 Å². The van der Waals surface area contributed by atoms with Crippen LogP contribution in [0.25, 0.3) is 20.8 Å². The molecule has 0 N–H and O–H groups in total. The van der Waals surface area contributed by atoms with Crippen LogP contribution >= 0.6 is 34.4 Å². The van der Waals surface area contributed by atoms with Crippen molar-refractivity contribution in [3.05, 3.63) is 58.7 Å². The minimum absolute atomic E-state index is 0.658. The summed E-state index contributed by atoms with van der Waals surface area (Å²) in [6.45, 7) is 0. The SMILES string of the molecule is c1ccc(Cc2nn3c(Sc4nnc5c6ccsc6ncn45)nnc3s2)cc1. The number of hydrogen-bond acceptors (Lipinski definition) is 9. The lowest BCUT2D eigenvalue weighted by Gasteiger charge is -1.98. The number of benzene rings is 1. The summed E-state index contributed by atoms with van der Waals surface area (Å²) in [5.74, 6) is 0. The Hall–Kier alpha value is -2.89. The van der Waals surface area contributed by atoms with Crippen LogP contribution in [0.15, 0.2) is 58.4 Å². The molecule has 0 saturated heterocycles. The van der Waals surface area contributed by atoms with Crippen LogP contribution in [0.1, 0.15) is 10.6 Å². The Balaban J connectivity index is 1.36. The largest absolute Gasteiger partial charge is 0.259 e. The van der Waals surface area contributed by atoms with Crippen molar-refractivity contribution in [1.82, 2.24) is 39.4 Å². The highest BCUT2D eigenvalue weighted by Crippen LogP contribution is 2.29. The average Bonchev–Trinajstić information content (AvgIpc) is 3.47. The number of rotatable bonds is 4. The normalized spacial score (nSPS) is 11.9. The van der Waals surface area contributed by atoms with Crippen LogP contribution in [-0.2, 0) is 6.42 Å². The first-order valence-electron chi connectivity index (χ1n) is 8.35. The molecule has 0 atom stereocenters. The van der Waals surface area contributed by atoms with Gasteiger partial charge in [-0.1, -0.05) is 41.7 Å². The zero-order chi connectivity index (χ0) is 18.5. The molecule has 0 aliphatic heterocycles. The van der Waals surface area contributed by atoms with Crippen molar-refractivity contribution >= 4 is 55.3 Å². The molecule has 6 aromatic rings. The molecule has 0 spiro atoms. The zero-order valence-corrected chi connectivity index (χ0v) is 16.6. The molecule has 136 valence electrons. The molecule has 0 fully saturated rings. The molecule has 0 saturated carbocycles. The lowest BCUT2D eigenvalue weighted by Crippen LogP contribution is -1.94. The number of nitrogens with zero attached hydrogens (tertiary/aromatic N) is 8. The monoisotopic (exact) mass is 422 g/mol. The highest BCUT2D eigenvalue weighted by atomic mass is 32.2. The van der Waals surface area contributed by atoms with Gasteiger partial charge in [0.25, 0.3) is 0 Å². The van der Waals surface area contributed by atoms with E-state index in [9.17, 15) is 0 Å². The fraction of sp³-hybridized carbons (Fsp3) is 0.0588. The fourth-order valence-electron chi connectivity index (χ4n) is 2.94. The first-order chi connectivity index (χ1) is 13.8. The summed E-state index contributed by atoms with van der Waals surface area (Å²) in [6, 6.07) is 12.3. The highest BCUT2D eigenvalue weighted by molar-refractivity contribution is 7.99. The second-order valence-electron chi connectivity index (χ2n) is 6.00. The van der Waals surface area contributed by atoms with E-state index in [1.54, 1.807) is 33.5 Å². The van der Waals surface area contributed by atoms with Crippen LogP contribution < -0.4 is 0 Å². The standard InChI is InChI=1S/C17H10N8S3/c1-2-4-10(5-3-1)8-12-23-25-16(27-12)21-22-17(25)28-15-20-19-13-11-6-7-26-14(11)18-9-24(13)15/h1-7,9H,8H2. The van der Waals surface area contributed by atoms with Crippen LogP contribution in [-0.4, -0.2) is 39.4 Å². The summed E-state index contributed by atoms with van der Waals surface area (Å²) in [7, 11) is 0. The van der Waals surface area contributed by atoms with Crippen molar-refractivity contribution in [2.45, 2.75) is 16.7 Å². The topological polar surface area (TPSA) is 86.2 Å². The van der Waals surface area contributed by atoms with E-state index in [1.807, 2.05) is 34.0 Å². The highest BCUT2D eigenvalue weighted by Gasteiger charge is 2.17. The summed E-state index contributed by atoms with van der Waals surface area (Å²) in [5, 5.41) is 27.2. The predicted molar refractivity (Wildman–Crippen MR) is 108 cm³/mol. The van der Waals surface area contributed by atoms with E-state index >= 15 is 0 Å². The summed E-state index contributed by atoms with van der Waals surface area (Å²) < 4.78 is 3.64. The maximum Gasteiger partial charge on any atom is 0.235 e. The van der Waals surface area contributed by atoms with E-state index in [4.69, 9.17) is 0 Å². The van der Waals surface area contributed by atoms with Gasteiger partial charge in [-0.3, -0.25) is 4.40 Å². The van der Waals surface area contributed by atoms with Gasteiger partial charge in [-0.15, -0.1) is 31.7 Å². The van der Waals surface area contributed by atoms with E-state index in [1.165, 1.54) is 17.3 Å². The first kappa shape index (κ1) is 16.1. The fourth-order valence-corrected chi connectivity index (χ4v) is 5.37. The van der Waals surface area contributed by atoms with Crippen LogP contribution in [0.5, 0.6) is 0 Å². The van der Waals surface area contributed by atoms with Gasteiger partial charge in [0.05, 0.1) is 5.39 Å². The predicted octanol–water partition coefficient (Wildman–Crippen LogP) is 3.58. The molecule has 6 rings (SSSR count). The smallest absolute Gasteiger partial charge is 0.235 e. The van der Waals surface area contributed by atoms with Crippen molar-refractivity contribution in [2.24, 2.45) is 0 Å². The van der Waals surface area contributed by atoms with Gasteiger partial charge in [0.15, 0.2) is 5.65 Å². The molecule has 0 unspecified atom stereocenters. The Labute approximate surface area is 169 Å². The van der Waals surface area contributed by atoms with E-state index in [2.05, 4.69) is 42.6 Å². The summed E-state index contributed by atoms with van der Waals surface area (Å²) >= 11 is 4.51. The Morgan fingerprint density at radius 2 is 1.86 bits per heavy atom. The summed E-state index contributed by atoms with van der Waals surface area (Å²) in [6.07, 6.45) is 2.52. The molecule has 28 heavy (non-hydrogen) atoms. The van der Waals surface area contributed by atoms with E-state index in [0.29, 0.717) is 10.3 Å². The molecule has 1 aromatic carbocycles. The second-order valence-corrected chi connectivity index (χ2v) is 8.87. The maximum atomic E-state index is 4.69. The van der Waals surface area contributed by atoms with Crippen molar-refractivity contribution in [3.8, 4) is 0 Å². The van der Waals surface area contributed by atoms with Gasteiger partial charge in [0.2, 0.25) is 15.3 Å². The average molecular weight is 423 g/mol. The molecule has 0 bridgehead atoms. The molecule has 0 aliphatic rings. The van der Waals surface area contributed by atoms with Gasteiger partial charge in [0.1, 0.15) is 16.2 Å². The van der Waals surface area contributed by atoms with E-state index < -0.39 is 0 Å². The van der Waals surface area contributed by atoms with Gasteiger partial charge in [0, 0.05) is 6.42 Å². The third-order valence-corrected chi connectivity index (χ3v) is 6.84. The zero-order valence-electron chi connectivity index (χ0n) is 14.1. The van der Waals surface area contributed by atoms with Crippen LogP contribution in [0.2, 0.25) is 0 Å². The number of hydrogen-bond donors (Lipinski definition) is 0. The minimum Gasteiger partial charge on any atom is -0.259 e. The van der Waals surface area contributed by atoms with Gasteiger partial charge >= 0.3 is 0 Å². The van der Waals surface area contributed by atoms with Crippen molar-refractivity contribution in [2.75, 3.05) is 0 Å². The maximum absolute atomic E-state index is 4.69. The molecule has 0 amide bonds. The molecule has 11 heteroatoms. The lowest BCUT2D eigenvalue weighted by molar-refractivity contribution is 0.795. The van der Waals surface area contributed by atoms with Gasteiger partial charge in [-0.25, -0.2) is 4.98 Å². The lowest BCUT2D eigenvalue weighted by atomic mass is 10.2. The Bertz CT molecular complexity index is 1430. The van der Waals surface area contributed by atoms with Gasteiger partial charge in [-0.2, -0.15) is 9.61 Å². The molecular weight excluding hydrogens is 412 g/mol. The number of fused-ring (bicyclic) bond motifs is 4. The van der Waals surface area contributed by atoms with Crippen LogP contribution in [0.3, 0.4) is 0 Å². The molecule has 0 radical (unpaired) electrons. The number of thiophene rings is 1. The molecule has 0 aliphatic carbocycles. The third kappa shape index (κ3) is 2.58. The molecule has 5 aromatic heterocycles. The molecule has 8 nitrogen and oxygen atoms in total. The van der Waals surface area contributed by atoms with Crippen molar-refractivity contribution in [1.29, 1.82) is 0 Å². The quantitative estimate of drug-likeness (QED) is 0.429. The Kier molecular flexibility index (Phi) is 3.64.